The first-order valence-corrected chi connectivity index (χ1v) is 7.22. The zero-order valence-corrected chi connectivity index (χ0v) is 13.2. The quantitative estimate of drug-likeness (QED) is 0.891. The van der Waals surface area contributed by atoms with Crippen molar-refractivity contribution >= 4 is 15.9 Å². The molecule has 0 aliphatic heterocycles. The molecule has 0 fully saturated rings. The number of nitrogens with zero attached hydrogens (tertiary/aromatic N) is 2. The van der Waals surface area contributed by atoms with Crippen molar-refractivity contribution in [1.82, 2.24) is 14.9 Å². The lowest BCUT2D eigenvalue weighted by Gasteiger charge is -2.22. The Morgan fingerprint density at radius 3 is 2.67 bits per heavy atom. The van der Waals surface area contributed by atoms with Gasteiger partial charge in [-0.25, -0.2) is 4.98 Å². The molecular weight excluding hydrogens is 347 g/mol. The fourth-order valence-electron chi connectivity index (χ4n) is 2.30. The van der Waals surface area contributed by atoms with Gasteiger partial charge in [-0.2, -0.15) is 13.2 Å². The molecule has 0 saturated heterocycles. The highest BCUT2D eigenvalue weighted by Crippen LogP contribution is 2.37. The molecule has 1 unspecified atom stereocenters. The third kappa shape index (κ3) is 3.29. The van der Waals surface area contributed by atoms with Gasteiger partial charge in [-0.1, -0.05) is 22.0 Å². The van der Waals surface area contributed by atoms with Gasteiger partial charge in [0.2, 0.25) is 0 Å². The molecule has 1 heterocycles. The van der Waals surface area contributed by atoms with E-state index in [1.54, 1.807) is 25.5 Å². The van der Waals surface area contributed by atoms with Crippen LogP contribution >= 0.6 is 15.9 Å². The standard InChI is InChI=1S/C14H15BrF3N3/c1-3-21-7-6-20-13(21)12(19-2)10-5-4-9(15)8-11(10)14(16,17)18/h4-8,12,19H,3H2,1-2H3. The van der Waals surface area contributed by atoms with Crippen LogP contribution in [-0.4, -0.2) is 16.6 Å². The van der Waals surface area contributed by atoms with Gasteiger partial charge in [-0.15, -0.1) is 0 Å². The van der Waals surface area contributed by atoms with Crippen LogP contribution in [0.2, 0.25) is 0 Å². The van der Waals surface area contributed by atoms with Crippen LogP contribution in [0.4, 0.5) is 13.2 Å². The lowest BCUT2D eigenvalue weighted by atomic mass is 9.99. The van der Waals surface area contributed by atoms with E-state index in [2.05, 4.69) is 26.2 Å². The second-order valence-corrected chi connectivity index (χ2v) is 5.44. The number of benzene rings is 1. The second kappa shape index (κ2) is 6.19. The maximum Gasteiger partial charge on any atom is 0.416 e. The number of imidazole rings is 1. The molecule has 0 radical (unpaired) electrons. The zero-order chi connectivity index (χ0) is 15.6. The van der Waals surface area contributed by atoms with Crippen molar-refractivity contribution < 1.29 is 13.2 Å². The van der Waals surface area contributed by atoms with Crippen molar-refractivity contribution in [3.05, 3.63) is 52.0 Å². The highest BCUT2D eigenvalue weighted by atomic mass is 79.9. The van der Waals surface area contributed by atoms with E-state index in [0.717, 1.165) is 6.07 Å². The third-order valence-electron chi connectivity index (χ3n) is 3.27. The molecule has 7 heteroatoms. The van der Waals surface area contributed by atoms with Crippen molar-refractivity contribution in [1.29, 1.82) is 0 Å². The van der Waals surface area contributed by atoms with Gasteiger partial charge in [-0.05, 0) is 31.7 Å². The first-order valence-electron chi connectivity index (χ1n) is 6.43. The number of rotatable bonds is 4. The third-order valence-corrected chi connectivity index (χ3v) is 3.76. The van der Waals surface area contributed by atoms with Gasteiger partial charge in [0.25, 0.3) is 0 Å². The SMILES string of the molecule is CCn1ccnc1C(NC)c1ccc(Br)cc1C(F)(F)F. The number of nitrogens with one attached hydrogen (secondary N) is 1. The summed E-state index contributed by atoms with van der Waals surface area (Å²) < 4.78 is 42.0. The molecule has 1 N–H and O–H groups in total. The van der Waals surface area contributed by atoms with Gasteiger partial charge in [0, 0.05) is 23.4 Å². The molecule has 0 bridgehead atoms. The molecule has 1 atom stereocenters. The predicted octanol–water partition coefficient (Wildman–Crippen LogP) is 3.99. The van der Waals surface area contributed by atoms with Crippen LogP contribution in [0.15, 0.2) is 35.1 Å². The first kappa shape index (κ1) is 16.0. The smallest absolute Gasteiger partial charge is 0.334 e. The molecule has 2 rings (SSSR count). The van der Waals surface area contributed by atoms with E-state index >= 15 is 0 Å². The van der Waals surface area contributed by atoms with E-state index in [9.17, 15) is 13.2 Å². The summed E-state index contributed by atoms with van der Waals surface area (Å²) in [5.74, 6) is 0.563. The minimum absolute atomic E-state index is 0.161. The van der Waals surface area contributed by atoms with E-state index in [0.29, 0.717) is 16.8 Å². The maximum atomic E-state index is 13.3. The molecule has 21 heavy (non-hydrogen) atoms. The van der Waals surface area contributed by atoms with Crippen molar-refractivity contribution in [2.45, 2.75) is 25.7 Å². The minimum atomic E-state index is -4.42. The summed E-state index contributed by atoms with van der Waals surface area (Å²) in [5, 5.41) is 2.93. The molecule has 0 spiro atoms. The molecular formula is C14H15BrF3N3. The summed E-state index contributed by atoms with van der Waals surface area (Å²) in [6.45, 7) is 2.57. The fourth-order valence-corrected chi connectivity index (χ4v) is 2.66. The van der Waals surface area contributed by atoms with Crippen LogP contribution < -0.4 is 5.32 Å². The van der Waals surface area contributed by atoms with Crippen molar-refractivity contribution in [3.63, 3.8) is 0 Å². The number of halogens is 4. The summed E-state index contributed by atoms with van der Waals surface area (Å²) in [6.07, 6.45) is -1.07. The normalized spacial score (nSPS) is 13.4. The van der Waals surface area contributed by atoms with Gasteiger partial charge in [-0.3, -0.25) is 0 Å². The predicted molar refractivity (Wildman–Crippen MR) is 77.9 cm³/mol. The molecule has 114 valence electrons. The van der Waals surface area contributed by atoms with E-state index in [4.69, 9.17) is 0 Å². The van der Waals surface area contributed by atoms with Gasteiger partial charge in [0.05, 0.1) is 11.6 Å². The van der Waals surface area contributed by atoms with Gasteiger partial charge in [0.15, 0.2) is 0 Å². The minimum Gasteiger partial charge on any atom is -0.334 e. The number of aromatic nitrogens is 2. The van der Waals surface area contributed by atoms with Crippen LogP contribution in [0.25, 0.3) is 0 Å². The Kier molecular flexibility index (Phi) is 4.73. The highest BCUT2D eigenvalue weighted by molar-refractivity contribution is 9.10. The maximum absolute atomic E-state index is 13.3. The Morgan fingerprint density at radius 2 is 2.10 bits per heavy atom. The second-order valence-electron chi connectivity index (χ2n) is 4.52. The summed E-state index contributed by atoms with van der Waals surface area (Å²) in [5.41, 5.74) is -0.504. The molecule has 1 aromatic heterocycles. The fraction of sp³-hybridized carbons (Fsp3) is 0.357. The lowest BCUT2D eigenvalue weighted by molar-refractivity contribution is -0.138. The average molecular weight is 362 g/mol. The van der Waals surface area contributed by atoms with Crippen LogP contribution in [-0.2, 0) is 12.7 Å². The first-order chi connectivity index (χ1) is 9.88. The van der Waals surface area contributed by atoms with Crippen LogP contribution in [0, 0.1) is 0 Å². The Hall–Kier alpha value is -1.34. The average Bonchev–Trinajstić information content (AvgIpc) is 2.88. The van der Waals surface area contributed by atoms with Crippen LogP contribution in [0.5, 0.6) is 0 Å². The zero-order valence-electron chi connectivity index (χ0n) is 11.6. The molecule has 2 aromatic rings. The largest absolute Gasteiger partial charge is 0.416 e. The number of hydrogen-bond acceptors (Lipinski definition) is 2. The summed E-state index contributed by atoms with van der Waals surface area (Å²) in [7, 11) is 1.63. The highest BCUT2D eigenvalue weighted by Gasteiger charge is 2.36. The Labute approximate surface area is 129 Å². The number of aryl methyl sites for hydroxylation is 1. The van der Waals surface area contributed by atoms with Crippen LogP contribution in [0.3, 0.4) is 0 Å². The van der Waals surface area contributed by atoms with E-state index in [1.807, 2.05) is 11.5 Å². The summed E-state index contributed by atoms with van der Waals surface area (Å²) in [4.78, 5) is 4.20. The Morgan fingerprint density at radius 1 is 1.38 bits per heavy atom. The summed E-state index contributed by atoms with van der Waals surface area (Å²) in [6, 6.07) is 3.56. The topological polar surface area (TPSA) is 29.9 Å². The Bertz CT molecular complexity index is 622. The summed E-state index contributed by atoms with van der Waals surface area (Å²) >= 11 is 3.10. The van der Waals surface area contributed by atoms with E-state index < -0.39 is 17.8 Å². The molecule has 1 aromatic carbocycles. The number of hydrogen-bond donors (Lipinski definition) is 1. The van der Waals surface area contributed by atoms with Gasteiger partial charge >= 0.3 is 6.18 Å². The lowest BCUT2D eigenvalue weighted by Crippen LogP contribution is -2.25. The monoisotopic (exact) mass is 361 g/mol. The molecule has 0 aliphatic rings. The Balaban J connectivity index is 2.58. The van der Waals surface area contributed by atoms with Crippen molar-refractivity contribution in [2.75, 3.05) is 7.05 Å². The molecule has 0 amide bonds. The van der Waals surface area contributed by atoms with E-state index in [-0.39, 0.29) is 5.56 Å². The van der Waals surface area contributed by atoms with Crippen molar-refractivity contribution in [2.24, 2.45) is 0 Å². The van der Waals surface area contributed by atoms with Crippen molar-refractivity contribution in [3.8, 4) is 0 Å². The van der Waals surface area contributed by atoms with Crippen LogP contribution in [0.1, 0.15) is 29.9 Å². The van der Waals surface area contributed by atoms with E-state index in [1.165, 1.54) is 6.07 Å². The molecule has 0 aliphatic carbocycles. The number of alkyl halides is 3. The molecule has 3 nitrogen and oxygen atoms in total. The van der Waals surface area contributed by atoms with Gasteiger partial charge in [0.1, 0.15) is 5.82 Å². The van der Waals surface area contributed by atoms with Gasteiger partial charge < -0.3 is 9.88 Å². The molecule has 0 saturated carbocycles.